The van der Waals surface area contributed by atoms with Gasteiger partial charge in [0.15, 0.2) is 0 Å². The molecule has 0 radical (unpaired) electrons. The summed E-state index contributed by atoms with van der Waals surface area (Å²) in [5.41, 5.74) is 5.34. The number of halogens is 1. The number of anilines is 1. The number of nitrogens with zero attached hydrogens (tertiary/aromatic N) is 1. The highest BCUT2D eigenvalue weighted by Gasteiger charge is 2.70. The summed E-state index contributed by atoms with van der Waals surface area (Å²) in [5.74, 6) is -4.81. The van der Waals surface area contributed by atoms with Crippen LogP contribution < -0.4 is 16.4 Å². The molecule has 164 valence electrons. The van der Waals surface area contributed by atoms with Crippen molar-refractivity contribution in [3.05, 3.63) is 65.5 Å². The van der Waals surface area contributed by atoms with Crippen LogP contribution in [-0.2, 0) is 31.1 Å². The molecule has 2 fully saturated rings. The molecule has 0 bridgehead atoms. The van der Waals surface area contributed by atoms with Crippen LogP contribution in [0.4, 0.5) is 10.1 Å². The van der Waals surface area contributed by atoms with Gasteiger partial charge in [-0.15, -0.1) is 0 Å². The van der Waals surface area contributed by atoms with Gasteiger partial charge in [0.25, 0.3) is 0 Å². The van der Waals surface area contributed by atoms with Crippen LogP contribution in [0.15, 0.2) is 48.5 Å². The molecule has 1 spiro atoms. The third-order valence-electron chi connectivity index (χ3n) is 6.66. The molecular weight excluding hydrogens is 415 g/mol. The number of imide groups is 1. The standard InChI is InChI=1S/C23H21FN4O4/c24-13-6-7-15-14(10-13)23(22(32)26-15)19-18(16(27-23)11-17(25)29)20(30)28(21(19)31)9-8-12-4-2-1-3-5-12/h1-7,10,16,18-19,27H,8-9,11H2,(H2,25,29)(H,26,32)/t16-,18+,19-,23+/m0/s1. The van der Waals surface area contributed by atoms with Crippen molar-refractivity contribution in [2.45, 2.75) is 24.4 Å². The van der Waals surface area contributed by atoms with Crippen molar-refractivity contribution in [1.82, 2.24) is 10.2 Å². The lowest BCUT2D eigenvalue weighted by Gasteiger charge is -2.29. The van der Waals surface area contributed by atoms with Gasteiger partial charge >= 0.3 is 0 Å². The summed E-state index contributed by atoms with van der Waals surface area (Å²) in [4.78, 5) is 52.9. The number of carbonyl (C=O) groups excluding carboxylic acids is 4. The molecule has 32 heavy (non-hydrogen) atoms. The molecule has 3 heterocycles. The van der Waals surface area contributed by atoms with Crippen molar-refractivity contribution >= 4 is 29.3 Å². The molecule has 2 saturated heterocycles. The molecule has 4 atom stereocenters. The van der Waals surface area contributed by atoms with Crippen LogP contribution >= 0.6 is 0 Å². The second-order valence-corrected chi connectivity index (χ2v) is 8.44. The second kappa shape index (κ2) is 7.23. The van der Waals surface area contributed by atoms with Crippen LogP contribution in [0.3, 0.4) is 0 Å². The Bertz CT molecular complexity index is 1150. The highest BCUT2D eigenvalue weighted by atomic mass is 19.1. The molecule has 3 aliphatic rings. The number of nitrogens with one attached hydrogen (secondary N) is 2. The third-order valence-corrected chi connectivity index (χ3v) is 6.66. The maximum Gasteiger partial charge on any atom is 0.250 e. The van der Waals surface area contributed by atoms with Crippen LogP contribution in [0.25, 0.3) is 0 Å². The van der Waals surface area contributed by atoms with Crippen LogP contribution in [0.1, 0.15) is 17.5 Å². The largest absolute Gasteiger partial charge is 0.370 e. The summed E-state index contributed by atoms with van der Waals surface area (Å²) in [6.45, 7) is 0.145. The Labute approximate surface area is 182 Å². The monoisotopic (exact) mass is 436 g/mol. The molecule has 5 rings (SSSR count). The molecule has 0 saturated carbocycles. The van der Waals surface area contributed by atoms with Crippen molar-refractivity contribution in [3.8, 4) is 0 Å². The van der Waals surface area contributed by atoms with Gasteiger partial charge < -0.3 is 11.1 Å². The van der Waals surface area contributed by atoms with Gasteiger partial charge in [0, 0.05) is 30.3 Å². The summed E-state index contributed by atoms with van der Waals surface area (Å²) in [6.07, 6.45) is 0.225. The number of primary amides is 1. The molecule has 4 N–H and O–H groups in total. The molecule has 2 aromatic carbocycles. The number of amides is 4. The minimum atomic E-state index is -1.64. The number of likely N-dealkylation sites (tertiary alicyclic amines) is 1. The fourth-order valence-electron chi connectivity index (χ4n) is 5.33. The molecular formula is C23H21FN4O4. The van der Waals surface area contributed by atoms with Gasteiger partial charge in [0.2, 0.25) is 23.6 Å². The Morgan fingerprint density at radius 2 is 1.84 bits per heavy atom. The smallest absolute Gasteiger partial charge is 0.250 e. The predicted molar refractivity (Wildman–Crippen MR) is 111 cm³/mol. The van der Waals surface area contributed by atoms with Crippen LogP contribution in [0, 0.1) is 17.7 Å². The average Bonchev–Trinajstić information content (AvgIpc) is 3.32. The van der Waals surface area contributed by atoms with Crippen molar-refractivity contribution < 1.29 is 23.6 Å². The quantitative estimate of drug-likeness (QED) is 0.595. The molecule has 4 amide bonds. The van der Waals surface area contributed by atoms with Crippen molar-refractivity contribution in [2.75, 3.05) is 11.9 Å². The first-order chi connectivity index (χ1) is 15.3. The average molecular weight is 436 g/mol. The van der Waals surface area contributed by atoms with Gasteiger partial charge in [0.05, 0.1) is 11.8 Å². The van der Waals surface area contributed by atoms with E-state index in [1.54, 1.807) is 0 Å². The third kappa shape index (κ3) is 2.85. The van der Waals surface area contributed by atoms with Gasteiger partial charge in [-0.3, -0.25) is 29.4 Å². The zero-order valence-corrected chi connectivity index (χ0v) is 17.0. The Balaban J connectivity index is 1.55. The molecule has 2 aromatic rings. The lowest BCUT2D eigenvalue weighted by atomic mass is 9.76. The van der Waals surface area contributed by atoms with Crippen LogP contribution in [0.5, 0.6) is 0 Å². The SMILES string of the molecule is NC(=O)C[C@@H]1N[C@@]2(C(=O)Nc3ccc(F)cc32)[C@@H]2C(=O)N(CCc3ccccc3)C(=O)[C@H]12. The van der Waals surface area contributed by atoms with Gasteiger partial charge in [-0.25, -0.2) is 4.39 Å². The van der Waals surface area contributed by atoms with E-state index in [9.17, 15) is 23.6 Å². The summed E-state index contributed by atoms with van der Waals surface area (Å²) in [7, 11) is 0. The number of hydrogen-bond acceptors (Lipinski definition) is 5. The Hall–Kier alpha value is -3.59. The summed E-state index contributed by atoms with van der Waals surface area (Å²) in [6, 6.07) is 12.4. The van der Waals surface area contributed by atoms with Gasteiger partial charge in [0.1, 0.15) is 11.4 Å². The van der Waals surface area contributed by atoms with Crippen molar-refractivity contribution in [2.24, 2.45) is 17.6 Å². The lowest BCUT2D eigenvalue weighted by Crippen LogP contribution is -2.53. The Morgan fingerprint density at radius 1 is 1.09 bits per heavy atom. The first kappa shape index (κ1) is 20.3. The topological polar surface area (TPSA) is 122 Å². The van der Waals surface area contributed by atoms with E-state index in [4.69, 9.17) is 5.73 Å². The number of fused-ring (bicyclic) bond motifs is 4. The van der Waals surface area contributed by atoms with Gasteiger partial charge in [-0.05, 0) is 30.2 Å². The predicted octanol–water partition coefficient (Wildman–Crippen LogP) is 0.664. The first-order valence-electron chi connectivity index (χ1n) is 10.4. The van der Waals surface area contributed by atoms with Gasteiger partial charge in [-0.1, -0.05) is 30.3 Å². The minimum Gasteiger partial charge on any atom is -0.370 e. The maximum absolute atomic E-state index is 14.1. The number of rotatable bonds is 5. The summed E-state index contributed by atoms with van der Waals surface area (Å²) >= 11 is 0. The Morgan fingerprint density at radius 3 is 2.56 bits per heavy atom. The molecule has 0 aliphatic carbocycles. The summed E-state index contributed by atoms with van der Waals surface area (Å²) < 4.78 is 14.1. The highest BCUT2D eigenvalue weighted by molar-refractivity contribution is 6.15. The van der Waals surface area contributed by atoms with E-state index >= 15 is 0 Å². The fourth-order valence-corrected chi connectivity index (χ4v) is 5.33. The van der Waals surface area contributed by atoms with Crippen molar-refractivity contribution in [1.29, 1.82) is 0 Å². The molecule has 8 nitrogen and oxygen atoms in total. The van der Waals surface area contributed by atoms with E-state index in [1.165, 1.54) is 18.2 Å². The molecule has 9 heteroatoms. The minimum absolute atomic E-state index is 0.145. The highest BCUT2D eigenvalue weighted by Crippen LogP contribution is 2.53. The normalized spacial score (nSPS) is 28.2. The Kier molecular flexibility index (Phi) is 4.59. The number of nitrogens with two attached hydrogens (primary N) is 1. The van der Waals surface area contributed by atoms with Crippen LogP contribution in [0.2, 0.25) is 0 Å². The van der Waals surface area contributed by atoms with Crippen molar-refractivity contribution in [3.63, 3.8) is 0 Å². The van der Waals surface area contributed by atoms with Gasteiger partial charge in [-0.2, -0.15) is 0 Å². The molecule has 3 aliphatic heterocycles. The molecule has 0 aromatic heterocycles. The van der Waals surface area contributed by atoms with E-state index in [0.29, 0.717) is 12.1 Å². The number of benzene rings is 2. The second-order valence-electron chi connectivity index (χ2n) is 8.44. The molecule has 0 unspecified atom stereocenters. The number of hydrogen-bond donors (Lipinski definition) is 3. The lowest BCUT2D eigenvalue weighted by molar-refractivity contribution is -0.142. The van der Waals surface area contributed by atoms with E-state index < -0.39 is 52.9 Å². The maximum atomic E-state index is 14.1. The van der Waals surface area contributed by atoms with Crippen LogP contribution in [-0.4, -0.2) is 41.1 Å². The van der Waals surface area contributed by atoms with E-state index in [-0.39, 0.29) is 18.5 Å². The fraction of sp³-hybridized carbons (Fsp3) is 0.304. The zero-order chi connectivity index (χ0) is 22.6. The zero-order valence-electron chi connectivity index (χ0n) is 17.0. The summed E-state index contributed by atoms with van der Waals surface area (Å²) in [5, 5.41) is 5.73. The van der Waals surface area contributed by atoms with E-state index in [1.807, 2.05) is 30.3 Å². The van der Waals surface area contributed by atoms with E-state index in [0.717, 1.165) is 10.5 Å². The number of carbonyl (C=O) groups is 4. The first-order valence-corrected chi connectivity index (χ1v) is 10.4. The van der Waals surface area contributed by atoms with E-state index in [2.05, 4.69) is 10.6 Å².